The fourth-order valence-corrected chi connectivity index (χ4v) is 2.38. The second kappa shape index (κ2) is 7.10. The van der Waals surface area contributed by atoms with E-state index in [0.29, 0.717) is 0 Å². The van der Waals surface area contributed by atoms with Gasteiger partial charge in [-0.15, -0.1) is 0 Å². The molecule has 2 aromatic rings. The summed E-state index contributed by atoms with van der Waals surface area (Å²) in [4.78, 5) is 6.39. The molecule has 0 fully saturated rings. The van der Waals surface area contributed by atoms with Gasteiger partial charge in [0.1, 0.15) is 5.76 Å². The Balaban J connectivity index is 1.99. The van der Waals surface area contributed by atoms with Crippen molar-refractivity contribution in [2.24, 2.45) is 0 Å². The average Bonchev–Trinajstić information content (AvgIpc) is 2.90. The van der Waals surface area contributed by atoms with Crippen molar-refractivity contribution in [1.29, 1.82) is 0 Å². The van der Waals surface area contributed by atoms with Crippen molar-refractivity contribution in [3.63, 3.8) is 0 Å². The van der Waals surface area contributed by atoms with Gasteiger partial charge in [0.25, 0.3) is 6.01 Å². The number of oxazole rings is 1. The fraction of sp³-hybridized carbons (Fsp3) is 0.438. The molecule has 0 radical (unpaired) electrons. The van der Waals surface area contributed by atoms with Crippen molar-refractivity contribution >= 4 is 6.01 Å². The number of benzene rings is 1. The van der Waals surface area contributed by atoms with E-state index in [-0.39, 0.29) is 12.1 Å². The summed E-state index contributed by atoms with van der Waals surface area (Å²) in [5, 5.41) is 0. The molecule has 0 aliphatic carbocycles. The van der Waals surface area contributed by atoms with Gasteiger partial charge in [-0.25, -0.2) is 4.98 Å². The van der Waals surface area contributed by atoms with Crippen LogP contribution in [0, 0.1) is 0 Å². The molecule has 2 rings (SSSR count). The Labute approximate surface area is 120 Å². The van der Waals surface area contributed by atoms with E-state index in [2.05, 4.69) is 48.0 Å². The van der Waals surface area contributed by atoms with E-state index in [1.807, 2.05) is 6.07 Å². The van der Waals surface area contributed by atoms with Crippen LogP contribution in [-0.2, 0) is 6.42 Å². The fourth-order valence-electron chi connectivity index (χ4n) is 2.38. The zero-order valence-corrected chi connectivity index (χ0v) is 12.2. The number of nitrogen functional groups attached to an aromatic ring is 1. The topological polar surface area (TPSA) is 55.3 Å². The van der Waals surface area contributed by atoms with Crippen LogP contribution in [0.2, 0.25) is 0 Å². The third kappa shape index (κ3) is 3.84. The summed E-state index contributed by atoms with van der Waals surface area (Å²) in [6, 6.07) is 11.0. The number of hydrogen-bond acceptors (Lipinski definition) is 4. The molecular formula is C16H23N3O. The maximum absolute atomic E-state index is 5.56. The van der Waals surface area contributed by atoms with Gasteiger partial charge in [0, 0.05) is 6.54 Å². The van der Waals surface area contributed by atoms with E-state index in [9.17, 15) is 0 Å². The van der Waals surface area contributed by atoms with E-state index in [1.165, 1.54) is 5.56 Å². The molecular weight excluding hydrogens is 250 g/mol. The lowest BCUT2D eigenvalue weighted by molar-refractivity contribution is 0.191. The lowest BCUT2D eigenvalue weighted by atomic mass is 10.1. The largest absolute Gasteiger partial charge is 0.427 e. The smallest absolute Gasteiger partial charge is 0.292 e. The molecule has 1 aromatic carbocycles. The van der Waals surface area contributed by atoms with Gasteiger partial charge in [0.2, 0.25) is 0 Å². The van der Waals surface area contributed by atoms with Crippen molar-refractivity contribution in [3.8, 4) is 0 Å². The molecule has 108 valence electrons. The van der Waals surface area contributed by atoms with Gasteiger partial charge >= 0.3 is 0 Å². The molecule has 1 aromatic heterocycles. The van der Waals surface area contributed by atoms with Crippen molar-refractivity contribution < 1.29 is 4.42 Å². The summed E-state index contributed by atoms with van der Waals surface area (Å²) >= 11 is 0. The molecule has 0 aliphatic heterocycles. The van der Waals surface area contributed by atoms with Crippen molar-refractivity contribution in [3.05, 3.63) is 47.9 Å². The highest BCUT2D eigenvalue weighted by atomic mass is 16.4. The minimum absolute atomic E-state index is 0.198. The second-order valence-electron chi connectivity index (χ2n) is 5.05. The standard InChI is InChI=1S/C16H23N3O/c1-3-10-19(11-9-14-7-5-4-6-8-14)13(2)15-12-18-16(17)20-15/h4-8,12-13H,3,9-11H2,1-2H3,(H2,17,18). The van der Waals surface area contributed by atoms with Crippen LogP contribution in [0.25, 0.3) is 0 Å². The van der Waals surface area contributed by atoms with Gasteiger partial charge in [0.05, 0.1) is 12.2 Å². The molecule has 20 heavy (non-hydrogen) atoms. The molecule has 1 unspecified atom stereocenters. The lowest BCUT2D eigenvalue weighted by Crippen LogP contribution is -2.29. The first-order chi connectivity index (χ1) is 9.70. The van der Waals surface area contributed by atoms with Crippen LogP contribution in [0.4, 0.5) is 6.01 Å². The van der Waals surface area contributed by atoms with Crippen molar-refractivity contribution in [1.82, 2.24) is 9.88 Å². The first-order valence-corrected chi connectivity index (χ1v) is 7.20. The number of hydrogen-bond donors (Lipinski definition) is 1. The number of anilines is 1. The maximum atomic E-state index is 5.56. The third-order valence-corrected chi connectivity index (χ3v) is 3.54. The SMILES string of the molecule is CCCN(CCc1ccccc1)C(C)c1cnc(N)o1. The molecule has 0 spiro atoms. The second-order valence-corrected chi connectivity index (χ2v) is 5.05. The van der Waals surface area contributed by atoms with Gasteiger partial charge in [-0.2, -0.15) is 0 Å². The first-order valence-electron chi connectivity index (χ1n) is 7.20. The zero-order chi connectivity index (χ0) is 14.4. The lowest BCUT2D eigenvalue weighted by Gasteiger charge is -2.27. The maximum Gasteiger partial charge on any atom is 0.292 e. The number of nitrogens with zero attached hydrogens (tertiary/aromatic N) is 2. The van der Waals surface area contributed by atoms with Crippen LogP contribution in [-0.4, -0.2) is 23.0 Å². The highest BCUT2D eigenvalue weighted by Crippen LogP contribution is 2.22. The summed E-state index contributed by atoms with van der Waals surface area (Å²) < 4.78 is 5.45. The van der Waals surface area contributed by atoms with E-state index < -0.39 is 0 Å². The van der Waals surface area contributed by atoms with Gasteiger partial charge in [-0.3, -0.25) is 4.90 Å². The van der Waals surface area contributed by atoms with Gasteiger partial charge in [0.15, 0.2) is 0 Å². The summed E-state index contributed by atoms with van der Waals surface area (Å²) in [6.07, 6.45) is 3.88. The minimum atomic E-state index is 0.198. The molecule has 4 heteroatoms. The summed E-state index contributed by atoms with van der Waals surface area (Å²) in [5.74, 6) is 0.837. The van der Waals surface area contributed by atoms with E-state index >= 15 is 0 Å². The molecule has 2 N–H and O–H groups in total. The van der Waals surface area contributed by atoms with Crippen LogP contribution in [0.1, 0.15) is 37.6 Å². The molecule has 1 heterocycles. The molecule has 4 nitrogen and oxygen atoms in total. The monoisotopic (exact) mass is 273 g/mol. The Hall–Kier alpha value is -1.81. The molecule has 0 saturated carbocycles. The molecule has 0 bridgehead atoms. The minimum Gasteiger partial charge on any atom is -0.427 e. The highest BCUT2D eigenvalue weighted by Gasteiger charge is 2.18. The van der Waals surface area contributed by atoms with Gasteiger partial charge in [-0.05, 0) is 31.9 Å². The van der Waals surface area contributed by atoms with E-state index in [4.69, 9.17) is 10.2 Å². The first kappa shape index (κ1) is 14.6. The summed E-state index contributed by atoms with van der Waals surface area (Å²) in [7, 11) is 0. The van der Waals surface area contributed by atoms with Crippen molar-refractivity contribution in [2.45, 2.75) is 32.7 Å². The van der Waals surface area contributed by atoms with Crippen LogP contribution in [0.15, 0.2) is 40.9 Å². The van der Waals surface area contributed by atoms with E-state index in [1.54, 1.807) is 6.20 Å². The zero-order valence-electron chi connectivity index (χ0n) is 12.2. The Morgan fingerprint density at radius 2 is 2.00 bits per heavy atom. The molecule has 1 atom stereocenters. The molecule has 0 amide bonds. The summed E-state index contributed by atoms with van der Waals surface area (Å²) in [6.45, 7) is 6.37. The van der Waals surface area contributed by atoms with Crippen LogP contribution in [0.3, 0.4) is 0 Å². The number of rotatable bonds is 7. The number of aromatic nitrogens is 1. The third-order valence-electron chi connectivity index (χ3n) is 3.54. The molecule has 0 aliphatic rings. The Morgan fingerprint density at radius 3 is 2.60 bits per heavy atom. The normalized spacial score (nSPS) is 12.8. The van der Waals surface area contributed by atoms with Crippen LogP contribution in [0.5, 0.6) is 0 Å². The van der Waals surface area contributed by atoms with Crippen LogP contribution >= 0.6 is 0 Å². The summed E-state index contributed by atoms with van der Waals surface area (Å²) in [5.41, 5.74) is 6.92. The Morgan fingerprint density at radius 1 is 1.25 bits per heavy atom. The van der Waals surface area contributed by atoms with Crippen LogP contribution < -0.4 is 5.73 Å². The van der Waals surface area contributed by atoms with Gasteiger partial charge in [-0.1, -0.05) is 37.3 Å². The van der Waals surface area contributed by atoms with E-state index in [0.717, 1.165) is 31.7 Å². The highest BCUT2D eigenvalue weighted by molar-refractivity contribution is 5.16. The Kier molecular flexibility index (Phi) is 5.18. The molecule has 0 saturated heterocycles. The predicted octanol–water partition coefficient (Wildman–Crippen LogP) is 3.27. The quantitative estimate of drug-likeness (QED) is 0.841. The van der Waals surface area contributed by atoms with Gasteiger partial charge < -0.3 is 10.2 Å². The Bertz CT molecular complexity index is 509. The predicted molar refractivity (Wildman–Crippen MR) is 81.3 cm³/mol. The average molecular weight is 273 g/mol. The number of nitrogens with two attached hydrogens (primary N) is 1. The van der Waals surface area contributed by atoms with Crippen molar-refractivity contribution in [2.75, 3.05) is 18.8 Å².